The van der Waals surface area contributed by atoms with Crippen LogP contribution in [0.15, 0.2) is 182 Å². The van der Waals surface area contributed by atoms with Gasteiger partial charge in [-0.15, -0.1) is 0 Å². The Morgan fingerprint density at radius 1 is 0.491 bits per heavy atom. The number of nitrogens with zero attached hydrogens (tertiary/aromatic N) is 3. The molecule has 0 radical (unpaired) electrons. The summed E-state index contributed by atoms with van der Waals surface area (Å²) in [5, 5.41) is 7.52. The van der Waals surface area contributed by atoms with Crippen molar-refractivity contribution in [2.24, 2.45) is 0 Å². The molecule has 0 saturated carbocycles. The standard InChI is InChI=1S/C52H35N3/c1-3-13-37-31-40(22-20-34(37)11-1)50-43-15-5-6-16-44(43)51(41-23-21-35-12-2-4-14-38(35)32-41)46-33-39(26-29-45(46)50)36-24-27-42(28-25-36)55-49-19-8-7-17-47(49)54-52(55)48-18-9-10-30-53-48/h2-10,12-33H,1,11H2. The van der Waals surface area contributed by atoms with Gasteiger partial charge in [0.25, 0.3) is 0 Å². The van der Waals surface area contributed by atoms with Crippen LogP contribution in [0.2, 0.25) is 0 Å². The first-order valence-corrected chi connectivity index (χ1v) is 19.0. The second-order valence-electron chi connectivity index (χ2n) is 14.5. The summed E-state index contributed by atoms with van der Waals surface area (Å²) in [6, 6.07) is 61.8. The van der Waals surface area contributed by atoms with Crippen molar-refractivity contribution in [2.75, 3.05) is 0 Å². The Morgan fingerprint density at radius 3 is 2.04 bits per heavy atom. The highest BCUT2D eigenvalue weighted by Crippen LogP contribution is 2.46. The molecule has 1 aliphatic carbocycles. The van der Waals surface area contributed by atoms with Crippen LogP contribution in [0.3, 0.4) is 0 Å². The summed E-state index contributed by atoms with van der Waals surface area (Å²) >= 11 is 0. The summed E-state index contributed by atoms with van der Waals surface area (Å²) in [5.74, 6) is 0.831. The van der Waals surface area contributed by atoms with E-state index in [9.17, 15) is 0 Å². The van der Waals surface area contributed by atoms with E-state index in [0.717, 1.165) is 46.6 Å². The molecular formula is C52H35N3. The average molecular weight is 702 g/mol. The van der Waals surface area contributed by atoms with Crippen molar-refractivity contribution in [3.63, 3.8) is 0 Å². The molecule has 8 aromatic carbocycles. The first-order chi connectivity index (χ1) is 27.3. The van der Waals surface area contributed by atoms with Crippen molar-refractivity contribution >= 4 is 49.4 Å². The first-order valence-electron chi connectivity index (χ1n) is 19.0. The zero-order chi connectivity index (χ0) is 36.3. The van der Waals surface area contributed by atoms with Gasteiger partial charge in [-0.1, -0.05) is 127 Å². The molecule has 0 N–H and O–H groups in total. The minimum atomic E-state index is 0.831. The summed E-state index contributed by atoms with van der Waals surface area (Å²) in [6.45, 7) is 0. The average Bonchev–Trinajstić information content (AvgIpc) is 3.65. The minimum Gasteiger partial charge on any atom is -0.291 e. The Balaban J connectivity index is 1.12. The number of hydrogen-bond acceptors (Lipinski definition) is 2. The molecule has 2 heterocycles. The molecule has 2 aromatic heterocycles. The molecule has 0 unspecified atom stereocenters. The summed E-state index contributed by atoms with van der Waals surface area (Å²) in [4.78, 5) is 9.67. The van der Waals surface area contributed by atoms with Crippen molar-refractivity contribution in [1.29, 1.82) is 0 Å². The zero-order valence-corrected chi connectivity index (χ0v) is 30.2. The van der Waals surface area contributed by atoms with Gasteiger partial charge in [-0.05, 0) is 144 Å². The van der Waals surface area contributed by atoms with Gasteiger partial charge < -0.3 is 0 Å². The number of para-hydroxylation sites is 2. The smallest absolute Gasteiger partial charge is 0.164 e. The highest BCUT2D eigenvalue weighted by molar-refractivity contribution is 6.22. The number of allylic oxidation sites excluding steroid dienone is 1. The van der Waals surface area contributed by atoms with Gasteiger partial charge in [-0.2, -0.15) is 0 Å². The van der Waals surface area contributed by atoms with Crippen LogP contribution in [0.1, 0.15) is 17.5 Å². The fourth-order valence-corrected chi connectivity index (χ4v) is 8.66. The third-order valence-electron chi connectivity index (χ3n) is 11.3. The maximum absolute atomic E-state index is 5.01. The first kappa shape index (κ1) is 31.4. The van der Waals surface area contributed by atoms with Crippen molar-refractivity contribution in [3.8, 4) is 50.6 Å². The van der Waals surface area contributed by atoms with Gasteiger partial charge in [0.05, 0.1) is 11.0 Å². The lowest BCUT2D eigenvalue weighted by Gasteiger charge is -2.20. The van der Waals surface area contributed by atoms with Gasteiger partial charge in [0.15, 0.2) is 5.82 Å². The normalized spacial score (nSPS) is 12.5. The molecule has 1 aliphatic rings. The van der Waals surface area contributed by atoms with Crippen molar-refractivity contribution in [1.82, 2.24) is 14.5 Å². The van der Waals surface area contributed by atoms with Crippen LogP contribution in [-0.4, -0.2) is 14.5 Å². The van der Waals surface area contributed by atoms with Gasteiger partial charge in [0, 0.05) is 11.9 Å². The molecule has 0 amide bonds. The molecule has 3 nitrogen and oxygen atoms in total. The van der Waals surface area contributed by atoms with E-state index in [1.807, 2.05) is 30.5 Å². The number of pyridine rings is 1. The number of fused-ring (bicyclic) bond motifs is 5. The maximum Gasteiger partial charge on any atom is 0.164 e. The van der Waals surface area contributed by atoms with E-state index in [0.29, 0.717) is 0 Å². The van der Waals surface area contributed by atoms with Crippen LogP contribution in [-0.2, 0) is 6.42 Å². The Bertz CT molecular complexity index is 3130. The van der Waals surface area contributed by atoms with Crippen LogP contribution < -0.4 is 0 Å². The summed E-state index contributed by atoms with van der Waals surface area (Å²) in [6.07, 6.45) is 8.62. The van der Waals surface area contributed by atoms with Gasteiger partial charge in [0.2, 0.25) is 0 Å². The van der Waals surface area contributed by atoms with Gasteiger partial charge in [0.1, 0.15) is 5.69 Å². The number of benzene rings is 8. The lowest BCUT2D eigenvalue weighted by atomic mass is 9.83. The van der Waals surface area contributed by atoms with E-state index in [4.69, 9.17) is 4.98 Å². The molecule has 3 heteroatoms. The third kappa shape index (κ3) is 5.27. The van der Waals surface area contributed by atoms with Crippen LogP contribution in [0.25, 0.3) is 100 Å². The molecular weight excluding hydrogens is 667 g/mol. The molecule has 0 spiro atoms. The maximum atomic E-state index is 5.01. The Labute approximate surface area is 319 Å². The summed E-state index contributed by atoms with van der Waals surface area (Å²) < 4.78 is 2.21. The quantitative estimate of drug-likeness (QED) is 0.167. The second-order valence-corrected chi connectivity index (χ2v) is 14.5. The zero-order valence-electron chi connectivity index (χ0n) is 30.2. The topological polar surface area (TPSA) is 30.7 Å². The predicted octanol–water partition coefficient (Wildman–Crippen LogP) is 13.5. The molecule has 55 heavy (non-hydrogen) atoms. The number of imidazole rings is 1. The Hall–Kier alpha value is -7.10. The highest BCUT2D eigenvalue weighted by atomic mass is 15.1. The third-order valence-corrected chi connectivity index (χ3v) is 11.3. The van der Waals surface area contributed by atoms with E-state index >= 15 is 0 Å². The van der Waals surface area contributed by atoms with Crippen LogP contribution in [0, 0.1) is 0 Å². The van der Waals surface area contributed by atoms with E-state index < -0.39 is 0 Å². The van der Waals surface area contributed by atoms with E-state index in [1.165, 1.54) is 71.3 Å². The van der Waals surface area contributed by atoms with Crippen LogP contribution >= 0.6 is 0 Å². The highest BCUT2D eigenvalue weighted by Gasteiger charge is 2.20. The Kier molecular flexibility index (Phi) is 7.31. The molecule has 0 atom stereocenters. The molecule has 0 bridgehead atoms. The second kappa shape index (κ2) is 12.8. The Morgan fingerprint density at radius 2 is 1.18 bits per heavy atom. The van der Waals surface area contributed by atoms with Crippen molar-refractivity contribution in [2.45, 2.75) is 12.8 Å². The fraction of sp³-hybridized carbons (Fsp3) is 0.0385. The summed E-state index contributed by atoms with van der Waals surface area (Å²) in [5.41, 5.74) is 14.0. The lowest BCUT2D eigenvalue weighted by Crippen LogP contribution is -1.98. The predicted molar refractivity (Wildman–Crippen MR) is 230 cm³/mol. The van der Waals surface area contributed by atoms with Gasteiger partial charge >= 0.3 is 0 Å². The molecule has 10 aromatic rings. The lowest BCUT2D eigenvalue weighted by molar-refractivity contribution is 0.986. The number of aryl methyl sites for hydroxylation is 1. The van der Waals surface area contributed by atoms with E-state index in [1.54, 1.807) is 0 Å². The number of hydrogen-bond donors (Lipinski definition) is 0. The summed E-state index contributed by atoms with van der Waals surface area (Å²) in [7, 11) is 0. The number of aromatic nitrogens is 3. The molecule has 0 fully saturated rings. The minimum absolute atomic E-state index is 0.831. The molecule has 0 aliphatic heterocycles. The molecule has 11 rings (SSSR count). The molecule has 0 saturated heterocycles. The van der Waals surface area contributed by atoms with Crippen LogP contribution in [0.4, 0.5) is 0 Å². The monoisotopic (exact) mass is 701 g/mol. The fourth-order valence-electron chi connectivity index (χ4n) is 8.66. The molecule has 258 valence electrons. The van der Waals surface area contributed by atoms with E-state index in [2.05, 4.69) is 167 Å². The number of rotatable bonds is 5. The van der Waals surface area contributed by atoms with Crippen molar-refractivity contribution < 1.29 is 0 Å². The largest absolute Gasteiger partial charge is 0.291 e. The SMILES string of the molecule is C1=Cc2cc(-c3c4ccccc4c(-c4ccc5ccccc5c4)c4cc(-c5ccc(-n6c(-c7ccccn7)nc7ccccc76)cc5)ccc34)ccc2CC1. The van der Waals surface area contributed by atoms with Gasteiger partial charge in [-0.3, -0.25) is 9.55 Å². The van der Waals surface area contributed by atoms with E-state index in [-0.39, 0.29) is 0 Å². The van der Waals surface area contributed by atoms with Crippen LogP contribution in [0.5, 0.6) is 0 Å². The van der Waals surface area contributed by atoms with Crippen molar-refractivity contribution in [3.05, 3.63) is 193 Å². The van der Waals surface area contributed by atoms with Gasteiger partial charge in [-0.25, -0.2) is 4.98 Å².